The number of hydrogen-bond acceptors (Lipinski definition) is 2. The van der Waals surface area contributed by atoms with Crippen LogP contribution >= 0.6 is 0 Å². The number of carboxylic acid groups (broad SMARTS) is 1. The van der Waals surface area contributed by atoms with Crippen molar-refractivity contribution in [2.75, 3.05) is 13.1 Å². The van der Waals surface area contributed by atoms with Gasteiger partial charge in [-0.1, -0.05) is 38.3 Å². The SMILES string of the molecule is CCCCC1=CC=C(C(=O)O)N(CCCC)C1. The lowest BCUT2D eigenvalue weighted by Crippen LogP contribution is -2.32. The molecular weight excluding hydrogens is 214 g/mol. The predicted molar refractivity (Wildman–Crippen MR) is 69.8 cm³/mol. The van der Waals surface area contributed by atoms with Crippen LogP contribution in [0.2, 0.25) is 0 Å². The molecule has 1 rings (SSSR count). The molecule has 1 aliphatic heterocycles. The summed E-state index contributed by atoms with van der Waals surface area (Å²) >= 11 is 0. The van der Waals surface area contributed by atoms with E-state index in [2.05, 4.69) is 13.8 Å². The quantitative estimate of drug-likeness (QED) is 0.739. The van der Waals surface area contributed by atoms with Crippen LogP contribution in [0, 0.1) is 0 Å². The highest BCUT2D eigenvalue weighted by molar-refractivity contribution is 5.86. The number of carboxylic acids is 1. The molecule has 0 aromatic carbocycles. The molecule has 1 N–H and O–H groups in total. The number of unbranched alkanes of at least 4 members (excludes halogenated alkanes) is 2. The molecule has 0 saturated carbocycles. The molecule has 96 valence electrons. The molecule has 1 heterocycles. The van der Waals surface area contributed by atoms with Crippen molar-refractivity contribution in [1.29, 1.82) is 0 Å². The second-order valence-electron chi connectivity index (χ2n) is 4.56. The summed E-state index contributed by atoms with van der Waals surface area (Å²) in [7, 11) is 0. The van der Waals surface area contributed by atoms with Gasteiger partial charge in [0.25, 0.3) is 0 Å². The Kier molecular flexibility index (Phi) is 5.81. The minimum Gasteiger partial charge on any atom is -0.477 e. The molecule has 0 bridgehead atoms. The predicted octanol–water partition coefficient (Wildman–Crippen LogP) is 3.19. The summed E-state index contributed by atoms with van der Waals surface area (Å²) in [4.78, 5) is 13.1. The number of nitrogens with zero attached hydrogens (tertiary/aromatic N) is 1. The Morgan fingerprint density at radius 2 is 2.00 bits per heavy atom. The summed E-state index contributed by atoms with van der Waals surface area (Å²) in [6.45, 7) is 5.94. The van der Waals surface area contributed by atoms with E-state index >= 15 is 0 Å². The van der Waals surface area contributed by atoms with Gasteiger partial charge in [-0.15, -0.1) is 0 Å². The van der Waals surface area contributed by atoms with Crippen molar-refractivity contribution in [1.82, 2.24) is 4.90 Å². The fourth-order valence-electron chi connectivity index (χ4n) is 2.01. The topological polar surface area (TPSA) is 40.5 Å². The van der Waals surface area contributed by atoms with Crippen molar-refractivity contribution in [3.05, 3.63) is 23.4 Å². The highest BCUT2D eigenvalue weighted by atomic mass is 16.4. The average molecular weight is 237 g/mol. The Hall–Kier alpha value is -1.25. The molecule has 3 heteroatoms. The second kappa shape index (κ2) is 7.15. The van der Waals surface area contributed by atoms with Gasteiger partial charge in [-0.3, -0.25) is 0 Å². The fourth-order valence-corrected chi connectivity index (χ4v) is 2.01. The Morgan fingerprint density at radius 1 is 1.29 bits per heavy atom. The van der Waals surface area contributed by atoms with Gasteiger partial charge in [0.05, 0.1) is 0 Å². The lowest BCUT2D eigenvalue weighted by atomic mass is 10.0. The molecule has 0 aromatic heterocycles. The molecular formula is C14H23NO2. The Bertz CT molecular complexity index is 318. The van der Waals surface area contributed by atoms with Gasteiger partial charge >= 0.3 is 5.97 Å². The molecule has 0 saturated heterocycles. The monoisotopic (exact) mass is 237 g/mol. The number of hydrogen-bond donors (Lipinski definition) is 1. The summed E-state index contributed by atoms with van der Waals surface area (Å²) < 4.78 is 0. The van der Waals surface area contributed by atoms with Crippen LogP contribution in [-0.2, 0) is 4.79 Å². The zero-order valence-corrected chi connectivity index (χ0v) is 10.9. The summed E-state index contributed by atoms with van der Waals surface area (Å²) in [6.07, 6.45) is 9.34. The number of aliphatic carboxylic acids is 1. The van der Waals surface area contributed by atoms with E-state index in [-0.39, 0.29) is 0 Å². The molecule has 0 atom stereocenters. The van der Waals surface area contributed by atoms with Gasteiger partial charge in [0.15, 0.2) is 0 Å². The average Bonchev–Trinajstić information content (AvgIpc) is 2.33. The number of rotatable bonds is 7. The standard InChI is InChI=1S/C14H23NO2/c1-3-5-7-12-8-9-13(14(16)17)15(11-12)10-6-4-2/h8-9H,3-7,10-11H2,1-2H3,(H,16,17). The maximum absolute atomic E-state index is 11.1. The number of allylic oxidation sites excluding steroid dienone is 2. The zero-order valence-electron chi connectivity index (χ0n) is 10.9. The molecule has 0 aliphatic carbocycles. The molecule has 0 radical (unpaired) electrons. The Labute approximate surface area is 104 Å². The van der Waals surface area contributed by atoms with Crippen molar-refractivity contribution in [2.45, 2.75) is 46.0 Å². The lowest BCUT2D eigenvalue weighted by molar-refractivity contribution is -0.134. The molecule has 0 amide bonds. The first kappa shape index (κ1) is 13.8. The minimum absolute atomic E-state index is 0.443. The maximum atomic E-state index is 11.1. The van der Waals surface area contributed by atoms with Crippen molar-refractivity contribution in [2.24, 2.45) is 0 Å². The van der Waals surface area contributed by atoms with E-state index in [4.69, 9.17) is 5.11 Å². The molecule has 0 spiro atoms. The van der Waals surface area contributed by atoms with Gasteiger partial charge in [0.1, 0.15) is 5.70 Å². The lowest BCUT2D eigenvalue weighted by Gasteiger charge is -2.29. The summed E-state index contributed by atoms with van der Waals surface area (Å²) in [5.41, 5.74) is 1.80. The first-order valence-corrected chi connectivity index (χ1v) is 6.57. The largest absolute Gasteiger partial charge is 0.477 e. The van der Waals surface area contributed by atoms with E-state index in [9.17, 15) is 4.79 Å². The molecule has 3 nitrogen and oxygen atoms in total. The smallest absolute Gasteiger partial charge is 0.352 e. The third-order valence-corrected chi connectivity index (χ3v) is 3.06. The van der Waals surface area contributed by atoms with Crippen LogP contribution in [-0.4, -0.2) is 29.1 Å². The Morgan fingerprint density at radius 3 is 2.59 bits per heavy atom. The summed E-state index contributed by atoms with van der Waals surface area (Å²) in [5.74, 6) is -0.813. The van der Waals surface area contributed by atoms with E-state index in [0.717, 1.165) is 32.4 Å². The summed E-state index contributed by atoms with van der Waals surface area (Å²) in [5, 5.41) is 9.13. The van der Waals surface area contributed by atoms with E-state index in [0.29, 0.717) is 5.70 Å². The van der Waals surface area contributed by atoms with Crippen LogP contribution < -0.4 is 0 Å². The van der Waals surface area contributed by atoms with Crippen molar-refractivity contribution in [3.8, 4) is 0 Å². The van der Waals surface area contributed by atoms with Crippen LogP contribution in [0.25, 0.3) is 0 Å². The van der Waals surface area contributed by atoms with Gasteiger partial charge < -0.3 is 10.0 Å². The van der Waals surface area contributed by atoms with E-state index in [1.165, 1.54) is 18.4 Å². The first-order chi connectivity index (χ1) is 8.19. The van der Waals surface area contributed by atoms with Crippen molar-refractivity contribution in [3.63, 3.8) is 0 Å². The van der Waals surface area contributed by atoms with Gasteiger partial charge in [-0.25, -0.2) is 4.79 Å². The van der Waals surface area contributed by atoms with Crippen LogP contribution in [0.5, 0.6) is 0 Å². The van der Waals surface area contributed by atoms with E-state index in [1.807, 2.05) is 11.0 Å². The van der Waals surface area contributed by atoms with Crippen molar-refractivity contribution < 1.29 is 9.90 Å². The highest BCUT2D eigenvalue weighted by Crippen LogP contribution is 2.19. The number of carbonyl (C=O) groups is 1. The fraction of sp³-hybridized carbons (Fsp3) is 0.643. The van der Waals surface area contributed by atoms with Gasteiger partial charge in [-0.05, 0) is 25.3 Å². The molecule has 17 heavy (non-hydrogen) atoms. The third kappa shape index (κ3) is 4.25. The molecule has 1 aliphatic rings. The van der Waals surface area contributed by atoms with Gasteiger partial charge in [0, 0.05) is 13.1 Å². The third-order valence-electron chi connectivity index (χ3n) is 3.06. The molecule has 0 aromatic rings. The summed E-state index contributed by atoms with van der Waals surface area (Å²) in [6, 6.07) is 0. The second-order valence-corrected chi connectivity index (χ2v) is 4.56. The zero-order chi connectivity index (χ0) is 12.7. The molecule has 0 unspecified atom stereocenters. The van der Waals surface area contributed by atoms with Crippen LogP contribution in [0.15, 0.2) is 23.4 Å². The van der Waals surface area contributed by atoms with Crippen molar-refractivity contribution >= 4 is 5.97 Å². The Balaban J connectivity index is 2.66. The minimum atomic E-state index is -0.813. The first-order valence-electron chi connectivity index (χ1n) is 6.57. The van der Waals surface area contributed by atoms with Gasteiger partial charge in [-0.2, -0.15) is 0 Å². The van der Waals surface area contributed by atoms with Crippen LogP contribution in [0.3, 0.4) is 0 Å². The molecule has 0 fully saturated rings. The van der Waals surface area contributed by atoms with Crippen LogP contribution in [0.4, 0.5) is 0 Å². The van der Waals surface area contributed by atoms with Gasteiger partial charge in [0.2, 0.25) is 0 Å². The maximum Gasteiger partial charge on any atom is 0.352 e. The van der Waals surface area contributed by atoms with E-state index in [1.54, 1.807) is 6.08 Å². The van der Waals surface area contributed by atoms with Crippen LogP contribution in [0.1, 0.15) is 46.0 Å². The van der Waals surface area contributed by atoms with E-state index < -0.39 is 5.97 Å². The highest BCUT2D eigenvalue weighted by Gasteiger charge is 2.19. The normalized spacial score (nSPS) is 15.5.